The van der Waals surface area contributed by atoms with Crippen LogP contribution in [0.2, 0.25) is 0 Å². The van der Waals surface area contributed by atoms with E-state index in [2.05, 4.69) is 34.3 Å². The topological polar surface area (TPSA) is 58.9 Å². The minimum atomic E-state index is 0.447. The predicted octanol–water partition coefficient (Wildman–Crippen LogP) is 1.34. The van der Waals surface area contributed by atoms with Crippen LogP contribution in [0.1, 0.15) is 25.4 Å². The third-order valence-electron chi connectivity index (χ3n) is 3.09. The minimum Gasteiger partial charge on any atom is -0.351 e. The molecule has 2 aromatic rings. The Hall–Kier alpha value is -1.95. The first-order chi connectivity index (χ1) is 9.56. The molecule has 6 heteroatoms. The van der Waals surface area contributed by atoms with Crippen LogP contribution in [0.4, 0.5) is 5.82 Å². The molecule has 0 aliphatic carbocycles. The number of nitrogens with one attached hydrogen (secondary N) is 1. The molecule has 2 heterocycles. The van der Waals surface area contributed by atoms with Crippen LogP contribution in [0.25, 0.3) is 0 Å². The van der Waals surface area contributed by atoms with Crippen molar-refractivity contribution in [2.45, 2.75) is 33.0 Å². The number of hydrogen-bond acceptors (Lipinski definition) is 5. The summed E-state index contributed by atoms with van der Waals surface area (Å²) in [5.41, 5.74) is 0.952. The highest BCUT2D eigenvalue weighted by Crippen LogP contribution is 2.10. The maximum Gasteiger partial charge on any atom is 0.151 e. The molecule has 2 aromatic heterocycles. The molecule has 0 amide bonds. The second kappa shape index (κ2) is 6.47. The van der Waals surface area contributed by atoms with Crippen LogP contribution in [0.3, 0.4) is 0 Å². The fraction of sp³-hybridized carbons (Fsp3) is 0.500. The van der Waals surface area contributed by atoms with Crippen LogP contribution >= 0.6 is 0 Å². The van der Waals surface area contributed by atoms with Crippen LogP contribution in [-0.2, 0) is 20.1 Å². The molecule has 0 saturated heterocycles. The Morgan fingerprint density at radius 3 is 2.65 bits per heavy atom. The van der Waals surface area contributed by atoms with E-state index in [0.717, 1.165) is 23.9 Å². The number of aromatic nitrogens is 4. The summed E-state index contributed by atoms with van der Waals surface area (Å²) < 4.78 is 2.00. The van der Waals surface area contributed by atoms with Crippen molar-refractivity contribution in [3.63, 3.8) is 0 Å². The van der Waals surface area contributed by atoms with Gasteiger partial charge < -0.3 is 14.8 Å². The van der Waals surface area contributed by atoms with Crippen molar-refractivity contribution < 1.29 is 0 Å². The summed E-state index contributed by atoms with van der Waals surface area (Å²) in [4.78, 5) is 6.35. The van der Waals surface area contributed by atoms with E-state index in [1.165, 1.54) is 0 Å². The van der Waals surface area contributed by atoms with Crippen molar-refractivity contribution in [3.8, 4) is 0 Å². The predicted molar refractivity (Wildman–Crippen MR) is 79.3 cm³/mol. The van der Waals surface area contributed by atoms with Gasteiger partial charge in [-0.05, 0) is 12.1 Å². The quantitative estimate of drug-likeness (QED) is 0.861. The van der Waals surface area contributed by atoms with Gasteiger partial charge in [-0.25, -0.2) is 4.98 Å². The van der Waals surface area contributed by atoms with Crippen molar-refractivity contribution in [3.05, 3.63) is 36.0 Å². The monoisotopic (exact) mass is 274 g/mol. The lowest BCUT2D eigenvalue weighted by Crippen LogP contribution is -2.23. The molecule has 20 heavy (non-hydrogen) atoms. The normalized spacial score (nSPS) is 11.1. The van der Waals surface area contributed by atoms with Gasteiger partial charge in [0.15, 0.2) is 5.82 Å². The second-order valence-electron chi connectivity index (χ2n) is 5.23. The molecule has 0 radical (unpaired) electrons. The molecule has 0 atom stereocenters. The van der Waals surface area contributed by atoms with E-state index in [0.29, 0.717) is 12.6 Å². The Morgan fingerprint density at radius 2 is 2.10 bits per heavy atom. The summed E-state index contributed by atoms with van der Waals surface area (Å²) >= 11 is 0. The third-order valence-corrected chi connectivity index (χ3v) is 3.09. The molecule has 0 aliphatic rings. The number of aryl methyl sites for hydroxylation is 1. The van der Waals surface area contributed by atoms with E-state index in [9.17, 15) is 0 Å². The number of anilines is 1. The number of imidazole rings is 1. The molecule has 0 bridgehead atoms. The Labute approximate surface area is 119 Å². The van der Waals surface area contributed by atoms with E-state index in [4.69, 9.17) is 0 Å². The molecular formula is C14H22N6. The molecule has 0 aromatic carbocycles. The molecule has 6 nitrogen and oxygen atoms in total. The highest BCUT2D eigenvalue weighted by molar-refractivity contribution is 5.36. The number of rotatable bonds is 6. The van der Waals surface area contributed by atoms with Crippen molar-refractivity contribution in [2.75, 3.05) is 11.9 Å². The Morgan fingerprint density at radius 1 is 1.30 bits per heavy atom. The summed E-state index contributed by atoms with van der Waals surface area (Å²) in [5, 5.41) is 11.8. The maximum atomic E-state index is 4.31. The molecule has 1 N–H and O–H groups in total. The zero-order valence-electron chi connectivity index (χ0n) is 12.5. The third kappa shape index (κ3) is 3.77. The van der Waals surface area contributed by atoms with Crippen LogP contribution in [0.15, 0.2) is 24.5 Å². The standard InChI is InChI=1S/C14H22N6/c1-11(2)16-9-12-5-6-13(18-17-12)20(4)10-14-15-7-8-19(14)3/h5-8,11,16H,9-10H2,1-4H3. The lowest BCUT2D eigenvalue weighted by atomic mass is 10.3. The van der Waals surface area contributed by atoms with Gasteiger partial charge in [-0.1, -0.05) is 13.8 Å². The van der Waals surface area contributed by atoms with Gasteiger partial charge in [0.2, 0.25) is 0 Å². The molecule has 2 rings (SSSR count). The first kappa shape index (κ1) is 14.5. The van der Waals surface area contributed by atoms with Crippen LogP contribution in [0.5, 0.6) is 0 Å². The van der Waals surface area contributed by atoms with Gasteiger partial charge in [-0.15, -0.1) is 5.10 Å². The average Bonchev–Trinajstić information content (AvgIpc) is 2.82. The van der Waals surface area contributed by atoms with Gasteiger partial charge in [0.1, 0.15) is 5.82 Å². The van der Waals surface area contributed by atoms with E-state index in [1.807, 2.05) is 41.9 Å². The molecule has 0 saturated carbocycles. The summed E-state index contributed by atoms with van der Waals surface area (Å²) in [5.74, 6) is 1.85. The van der Waals surface area contributed by atoms with Gasteiger partial charge in [-0.2, -0.15) is 5.10 Å². The fourth-order valence-electron chi connectivity index (χ4n) is 1.80. The highest BCUT2D eigenvalue weighted by Gasteiger charge is 2.07. The summed E-state index contributed by atoms with van der Waals surface area (Å²) in [6.07, 6.45) is 3.74. The van der Waals surface area contributed by atoms with Crippen LogP contribution in [0, 0.1) is 0 Å². The molecule has 0 unspecified atom stereocenters. The first-order valence-electron chi connectivity index (χ1n) is 6.79. The van der Waals surface area contributed by atoms with Crippen molar-refractivity contribution in [2.24, 2.45) is 7.05 Å². The zero-order valence-corrected chi connectivity index (χ0v) is 12.5. The van der Waals surface area contributed by atoms with Gasteiger partial charge in [-0.3, -0.25) is 0 Å². The largest absolute Gasteiger partial charge is 0.351 e. The number of hydrogen-bond donors (Lipinski definition) is 1. The second-order valence-corrected chi connectivity index (χ2v) is 5.23. The average molecular weight is 274 g/mol. The SMILES string of the molecule is CC(C)NCc1ccc(N(C)Cc2nccn2C)nn1. The fourth-order valence-corrected chi connectivity index (χ4v) is 1.80. The molecule has 0 aliphatic heterocycles. The van der Waals surface area contributed by atoms with Gasteiger partial charge >= 0.3 is 0 Å². The molecular weight excluding hydrogens is 252 g/mol. The lowest BCUT2D eigenvalue weighted by Gasteiger charge is -2.17. The molecule has 108 valence electrons. The number of nitrogens with zero attached hydrogens (tertiary/aromatic N) is 5. The molecule has 0 fully saturated rings. The van der Waals surface area contributed by atoms with E-state index in [-0.39, 0.29) is 0 Å². The Kier molecular flexibility index (Phi) is 4.68. The Balaban J connectivity index is 1.97. The Bertz CT molecular complexity index is 531. The van der Waals surface area contributed by atoms with Crippen LogP contribution in [-0.4, -0.2) is 32.8 Å². The van der Waals surface area contributed by atoms with Gasteiger partial charge in [0.05, 0.1) is 12.2 Å². The summed E-state index contributed by atoms with van der Waals surface area (Å²) in [6.45, 7) is 5.68. The van der Waals surface area contributed by atoms with E-state index >= 15 is 0 Å². The maximum absolute atomic E-state index is 4.31. The lowest BCUT2D eigenvalue weighted by molar-refractivity contribution is 0.577. The zero-order chi connectivity index (χ0) is 14.5. The van der Waals surface area contributed by atoms with E-state index in [1.54, 1.807) is 6.20 Å². The smallest absolute Gasteiger partial charge is 0.151 e. The van der Waals surface area contributed by atoms with E-state index < -0.39 is 0 Å². The first-order valence-corrected chi connectivity index (χ1v) is 6.79. The summed E-state index contributed by atoms with van der Waals surface area (Å²) in [6, 6.07) is 4.45. The van der Waals surface area contributed by atoms with Gasteiger partial charge in [0, 0.05) is 39.1 Å². The highest BCUT2D eigenvalue weighted by atomic mass is 15.3. The minimum absolute atomic E-state index is 0.447. The molecule has 0 spiro atoms. The van der Waals surface area contributed by atoms with Crippen molar-refractivity contribution in [1.29, 1.82) is 0 Å². The van der Waals surface area contributed by atoms with Crippen LogP contribution < -0.4 is 10.2 Å². The summed E-state index contributed by atoms with van der Waals surface area (Å²) in [7, 11) is 3.98. The van der Waals surface area contributed by atoms with Crippen molar-refractivity contribution in [1.82, 2.24) is 25.1 Å². The van der Waals surface area contributed by atoms with Gasteiger partial charge in [0.25, 0.3) is 0 Å². The van der Waals surface area contributed by atoms with Crippen molar-refractivity contribution >= 4 is 5.82 Å².